The zero-order chi connectivity index (χ0) is 10.6. The second-order valence-corrected chi connectivity index (χ2v) is 3.65. The van der Waals surface area contributed by atoms with Crippen LogP contribution in [0, 0.1) is 12.8 Å². The number of amides is 1. The van der Waals surface area contributed by atoms with Gasteiger partial charge in [0.2, 0.25) is 0 Å². The van der Waals surface area contributed by atoms with Crippen LogP contribution in [0.25, 0.3) is 0 Å². The normalized spacial score (nSPS) is 10.3. The fraction of sp³-hybridized carbons (Fsp3) is 0.500. The Morgan fingerprint density at radius 2 is 2.21 bits per heavy atom. The first-order valence-corrected chi connectivity index (χ1v) is 4.66. The van der Waals surface area contributed by atoms with Crippen molar-refractivity contribution in [2.45, 2.75) is 20.8 Å². The quantitative estimate of drug-likeness (QED) is 0.784. The fourth-order valence-corrected chi connectivity index (χ4v) is 0.966. The first-order chi connectivity index (χ1) is 6.59. The van der Waals surface area contributed by atoms with Gasteiger partial charge in [-0.05, 0) is 18.9 Å². The Morgan fingerprint density at radius 3 is 2.79 bits per heavy atom. The van der Waals surface area contributed by atoms with E-state index in [1.807, 2.05) is 20.8 Å². The third-order valence-electron chi connectivity index (χ3n) is 1.71. The molecular weight excluding hydrogens is 178 g/mol. The van der Waals surface area contributed by atoms with Crippen LogP contribution >= 0.6 is 0 Å². The highest BCUT2D eigenvalue weighted by Crippen LogP contribution is 1.97. The number of aryl methyl sites for hydroxylation is 1. The van der Waals surface area contributed by atoms with Crippen LogP contribution in [-0.2, 0) is 0 Å². The smallest absolute Gasteiger partial charge is 0.270 e. The molecule has 0 saturated carbocycles. The second kappa shape index (κ2) is 4.69. The molecule has 1 N–H and O–H groups in total. The molecule has 4 nitrogen and oxygen atoms in total. The van der Waals surface area contributed by atoms with Gasteiger partial charge >= 0.3 is 0 Å². The molecule has 4 heteroatoms. The first kappa shape index (κ1) is 10.6. The molecule has 0 aliphatic heterocycles. The summed E-state index contributed by atoms with van der Waals surface area (Å²) in [5, 5.41) is 2.80. The molecule has 0 spiro atoms. The van der Waals surface area contributed by atoms with Crippen molar-refractivity contribution in [3.05, 3.63) is 23.8 Å². The monoisotopic (exact) mass is 193 g/mol. The highest BCUT2D eigenvalue weighted by molar-refractivity contribution is 5.92. The molecule has 0 bridgehead atoms. The summed E-state index contributed by atoms with van der Waals surface area (Å²) in [7, 11) is 0. The van der Waals surface area contributed by atoms with E-state index in [9.17, 15) is 4.79 Å². The van der Waals surface area contributed by atoms with E-state index < -0.39 is 0 Å². The predicted octanol–water partition coefficient (Wildman–Crippen LogP) is 1.17. The van der Waals surface area contributed by atoms with Gasteiger partial charge in [0.1, 0.15) is 12.0 Å². The molecule has 1 aromatic heterocycles. The minimum Gasteiger partial charge on any atom is -0.350 e. The van der Waals surface area contributed by atoms with Gasteiger partial charge in [-0.3, -0.25) is 4.79 Å². The lowest BCUT2D eigenvalue weighted by molar-refractivity contribution is 0.0943. The molecule has 1 aromatic rings. The largest absolute Gasteiger partial charge is 0.350 e. The molecule has 0 aliphatic carbocycles. The van der Waals surface area contributed by atoms with Crippen LogP contribution in [0.5, 0.6) is 0 Å². The zero-order valence-corrected chi connectivity index (χ0v) is 8.74. The van der Waals surface area contributed by atoms with Crippen molar-refractivity contribution in [3.8, 4) is 0 Å². The Labute approximate surface area is 83.8 Å². The van der Waals surface area contributed by atoms with Gasteiger partial charge in [0.15, 0.2) is 0 Å². The number of hydrogen-bond acceptors (Lipinski definition) is 3. The van der Waals surface area contributed by atoms with Crippen molar-refractivity contribution in [3.63, 3.8) is 0 Å². The predicted molar refractivity (Wildman–Crippen MR) is 53.9 cm³/mol. The Bertz CT molecular complexity index is 323. The summed E-state index contributed by atoms with van der Waals surface area (Å²) in [6, 6.07) is 1.68. The van der Waals surface area contributed by atoms with Gasteiger partial charge in [0.05, 0.1) is 0 Å². The second-order valence-electron chi connectivity index (χ2n) is 3.65. The number of carbonyl (C=O) groups is 1. The van der Waals surface area contributed by atoms with Crippen LogP contribution < -0.4 is 5.32 Å². The van der Waals surface area contributed by atoms with Gasteiger partial charge in [-0.15, -0.1) is 0 Å². The first-order valence-electron chi connectivity index (χ1n) is 4.66. The SMILES string of the molecule is Cc1cc(C(=O)NCC(C)C)ncn1. The average molecular weight is 193 g/mol. The van der Waals surface area contributed by atoms with Crippen LogP contribution in [0.1, 0.15) is 30.0 Å². The topological polar surface area (TPSA) is 54.9 Å². The lowest BCUT2D eigenvalue weighted by Gasteiger charge is -2.06. The van der Waals surface area contributed by atoms with Crippen molar-refractivity contribution in [1.29, 1.82) is 0 Å². The molecule has 0 radical (unpaired) electrons. The molecule has 0 aliphatic rings. The molecule has 76 valence electrons. The van der Waals surface area contributed by atoms with Crippen molar-refractivity contribution < 1.29 is 4.79 Å². The molecule has 0 atom stereocenters. The van der Waals surface area contributed by atoms with Gasteiger partial charge in [0.25, 0.3) is 5.91 Å². The highest BCUT2D eigenvalue weighted by Gasteiger charge is 2.07. The van der Waals surface area contributed by atoms with Crippen LogP contribution in [0.2, 0.25) is 0 Å². The molecule has 0 unspecified atom stereocenters. The zero-order valence-electron chi connectivity index (χ0n) is 8.74. The number of hydrogen-bond donors (Lipinski definition) is 1. The van der Waals surface area contributed by atoms with E-state index in [0.717, 1.165) is 5.69 Å². The summed E-state index contributed by atoms with van der Waals surface area (Å²) in [6.45, 7) is 6.60. The summed E-state index contributed by atoms with van der Waals surface area (Å²) >= 11 is 0. The molecule has 0 fully saturated rings. The van der Waals surface area contributed by atoms with Gasteiger partial charge in [-0.2, -0.15) is 0 Å². The lowest BCUT2D eigenvalue weighted by atomic mass is 10.2. The minimum absolute atomic E-state index is 0.135. The van der Waals surface area contributed by atoms with E-state index in [1.165, 1.54) is 6.33 Å². The van der Waals surface area contributed by atoms with Gasteiger partial charge < -0.3 is 5.32 Å². The Hall–Kier alpha value is -1.45. The molecular formula is C10H15N3O. The molecule has 1 amide bonds. The van der Waals surface area contributed by atoms with E-state index in [-0.39, 0.29) is 5.91 Å². The number of aromatic nitrogens is 2. The van der Waals surface area contributed by atoms with Crippen LogP contribution in [0.4, 0.5) is 0 Å². The molecule has 0 aromatic carbocycles. The Morgan fingerprint density at radius 1 is 1.50 bits per heavy atom. The Balaban J connectivity index is 2.61. The maximum Gasteiger partial charge on any atom is 0.270 e. The van der Waals surface area contributed by atoms with E-state index in [1.54, 1.807) is 6.07 Å². The molecule has 1 rings (SSSR count). The average Bonchev–Trinajstić information content (AvgIpc) is 2.14. The van der Waals surface area contributed by atoms with Gasteiger partial charge in [-0.25, -0.2) is 9.97 Å². The summed E-state index contributed by atoms with van der Waals surface area (Å²) in [5.41, 5.74) is 1.23. The van der Waals surface area contributed by atoms with Crippen LogP contribution in [0.3, 0.4) is 0 Å². The van der Waals surface area contributed by atoms with Crippen LogP contribution in [-0.4, -0.2) is 22.4 Å². The van der Waals surface area contributed by atoms with Crippen LogP contribution in [0.15, 0.2) is 12.4 Å². The van der Waals surface area contributed by atoms with E-state index in [2.05, 4.69) is 15.3 Å². The van der Waals surface area contributed by atoms with Gasteiger partial charge in [-0.1, -0.05) is 13.8 Å². The molecule has 14 heavy (non-hydrogen) atoms. The molecule has 0 saturated heterocycles. The van der Waals surface area contributed by atoms with Crippen molar-refractivity contribution in [2.24, 2.45) is 5.92 Å². The fourth-order valence-electron chi connectivity index (χ4n) is 0.966. The van der Waals surface area contributed by atoms with E-state index in [0.29, 0.717) is 18.2 Å². The number of carbonyl (C=O) groups excluding carboxylic acids is 1. The summed E-state index contributed by atoms with van der Waals surface area (Å²) in [5.74, 6) is 0.311. The van der Waals surface area contributed by atoms with E-state index >= 15 is 0 Å². The number of nitrogens with one attached hydrogen (secondary N) is 1. The maximum atomic E-state index is 11.5. The number of rotatable bonds is 3. The van der Waals surface area contributed by atoms with Gasteiger partial charge in [0, 0.05) is 12.2 Å². The summed E-state index contributed by atoms with van der Waals surface area (Å²) < 4.78 is 0. The maximum absolute atomic E-state index is 11.5. The summed E-state index contributed by atoms with van der Waals surface area (Å²) in [4.78, 5) is 19.3. The Kier molecular flexibility index (Phi) is 3.56. The van der Waals surface area contributed by atoms with Crippen molar-refractivity contribution >= 4 is 5.91 Å². The minimum atomic E-state index is -0.135. The lowest BCUT2D eigenvalue weighted by Crippen LogP contribution is -2.28. The number of nitrogens with zero attached hydrogens (tertiary/aromatic N) is 2. The molecule has 1 heterocycles. The third-order valence-corrected chi connectivity index (χ3v) is 1.71. The van der Waals surface area contributed by atoms with Crippen molar-refractivity contribution in [2.75, 3.05) is 6.54 Å². The standard InChI is InChI=1S/C10H15N3O/c1-7(2)5-11-10(14)9-4-8(3)12-6-13-9/h4,6-7H,5H2,1-3H3,(H,11,14). The summed E-state index contributed by atoms with van der Waals surface area (Å²) in [6.07, 6.45) is 1.40. The highest BCUT2D eigenvalue weighted by atomic mass is 16.1. The third kappa shape index (κ3) is 3.12. The van der Waals surface area contributed by atoms with Crippen molar-refractivity contribution in [1.82, 2.24) is 15.3 Å². The van der Waals surface area contributed by atoms with E-state index in [4.69, 9.17) is 0 Å².